The molecule has 0 radical (unpaired) electrons. The Hall–Kier alpha value is -0.630. The van der Waals surface area contributed by atoms with Gasteiger partial charge in [-0.15, -0.1) is 0 Å². The van der Waals surface area contributed by atoms with Crippen molar-refractivity contribution in [1.82, 2.24) is 0 Å². The molecule has 16 heavy (non-hydrogen) atoms. The molecule has 2 nitrogen and oxygen atoms in total. The van der Waals surface area contributed by atoms with Gasteiger partial charge in [-0.1, -0.05) is 45.1 Å². The van der Waals surface area contributed by atoms with Gasteiger partial charge in [0, 0.05) is 0 Å². The number of rotatable bonds is 7. The lowest BCUT2D eigenvalue weighted by atomic mass is 9.98. The number of ether oxygens (including phenoxy) is 1. The van der Waals surface area contributed by atoms with E-state index in [1.165, 1.54) is 25.7 Å². The Morgan fingerprint density at radius 3 is 2.75 bits per heavy atom. The van der Waals surface area contributed by atoms with Crippen LogP contribution in [0.2, 0.25) is 0 Å². The van der Waals surface area contributed by atoms with Crippen LogP contribution in [0.3, 0.4) is 0 Å². The summed E-state index contributed by atoms with van der Waals surface area (Å²) in [5.74, 6) is 0.113. The van der Waals surface area contributed by atoms with Gasteiger partial charge in [0.15, 0.2) is 5.78 Å². The minimum atomic E-state index is 0.113. The summed E-state index contributed by atoms with van der Waals surface area (Å²) < 4.78 is 5.60. The highest BCUT2D eigenvalue weighted by molar-refractivity contribution is 5.90. The van der Waals surface area contributed by atoms with Crippen LogP contribution in [0.25, 0.3) is 0 Å². The first-order valence-electron chi connectivity index (χ1n) is 6.64. The van der Waals surface area contributed by atoms with E-state index < -0.39 is 0 Å². The molecule has 0 aromatic carbocycles. The maximum Gasteiger partial charge on any atom is 0.180 e. The first-order chi connectivity index (χ1) is 7.83. The minimum absolute atomic E-state index is 0.113. The van der Waals surface area contributed by atoms with Crippen molar-refractivity contribution in [1.29, 1.82) is 0 Å². The SMILES string of the molecule is CCCCC=CC(=O)COC1CCCCC1. The van der Waals surface area contributed by atoms with Gasteiger partial charge < -0.3 is 4.74 Å². The molecule has 1 fully saturated rings. The van der Waals surface area contributed by atoms with Gasteiger partial charge in [0.05, 0.1) is 6.10 Å². The summed E-state index contributed by atoms with van der Waals surface area (Å²) in [6, 6.07) is 0. The standard InChI is InChI=1S/C14H24O2/c1-2-3-4-6-9-13(15)12-16-14-10-7-5-8-11-14/h6,9,14H,2-5,7-8,10-12H2,1H3. The number of carbonyl (C=O) groups excluding carboxylic acids is 1. The molecule has 1 aliphatic rings. The Balaban J connectivity index is 2.06. The second-order valence-corrected chi connectivity index (χ2v) is 4.58. The van der Waals surface area contributed by atoms with Gasteiger partial charge in [0.1, 0.15) is 6.61 Å². The number of unbranched alkanes of at least 4 members (excludes halogenated alkanes) is 2. The van der Waals surface area contributed by atoms with Gasteiger partial charge in [-0.3, -0.25) is 4.79 Å². The molecule has 0 spiro atoms. The normalized spacial score (nSPS) is 18.1. The Bertz CT molecular complexity index is 215. The fraction of sp³-hybridized carbons (Fsp3) is 0.786. The topological polar surface area (TPSA) is 26.3 Å². The summed E-state index contributed by atoms with van der Waals surface area (Å²) in [4.78, 5) is 11.4. The van der Waals surface area contributed by atoms with Crippen LogP contribution in [0.1, 0.15) is 58.3 Å². The van der Waals surface area contributed by atoms with E-state index >= 15 is 0 Å². The molecule has 0 aromatic heterocycles. The third-order valence-corrected chi connectivity index (χ3v) is 3.04. The molecule has 0 saturated heterocycles. The molecule has 0 unspecified atom stereocenters. The maximum atomic E-state index is 11.4. The molecule has 0 bridgehead atoms. The molecular weight excluding hydrogens is 200 g/mol. The molecule has 2 heteroatoms. The lowest BCUT2D eigenvalue weighted by Crippen LogP contribution is -2.20. The lowest BCUT2D eigenvalue weighted by Gasteiger charge is -2.21. The number of hydrogen-bond acceptors (Lipinski definition) is 2. The number of hydrogen-bond donors (Lipinski definition) is 0. The predicted molar refractivity (Wildman–Crippen MR) is 66.5 cm³/mol. The molecule has 1 saturated carbocycles. The largest absolute Gasteiger partial charge is 0.370 e. The van der Waals surface area contributed by atoms with Crippen LogP contribution in [0.5, 0.6) is 0 Å². The monoisotopic (exact) mass is 224 g/mol. The van der Waals surface area contributed by atoms with Crippen LogP contribution in [-0.2, 0) is 9.53 Å². The molecule has 0 atom stereocenters. The highest BCUT2D eigenvalue weighted by Crippen LogP contribution is 2.20. The van der Waals surface area contributed by atoms with Crippen LogP contribution >= 0.6 is 0 Å². The minimum Gasteiger partial charge on any atom is -0.370 e. The maximum absolute atomic E-state index is 11.4. The zero-order valence-electron chi connectivity index (χ0n) is 10.4. The van der Waals surface area contributed by atoms with Crippen molar-refractivity contribution in [3.05, 3.63) is 12.2 Å². The van der Waals surface area contributed by atoms with Crippen molar-refractivity contribution in [3.8, 4) is 0 Å². The molecule has 0 N–H and O–H groups in total. The average Bonchev–Trinajstić information content (AvgIpc) is 2.33. The zero-order chi connectivity index (χ0) is 11.6. The van der Waals surface area contributed by atoms with Crippen LogP contribution in [-0.4, -0.2) is 18.5 Å². The van der Waals surface area contributed by atoms with Gasteiger partial charge in [0.2, 0.25) is 0 Å². The summed E-state index contributed by atoms with van der Waals surface area (Å²) in [5, 5.41) is 0. The van der Waals surface area contributed by atoms with E-state index in [1.54, 1.807) is 6.08 Å². The molecule has 0 heterocycles. The van der Waals surface area contributed by atoms with Crippen molar-refractivity contribution in [2.75, 3.05) is 6.61 Å². The van der Waals surface area contributed by atoms with Gasteiger partial charge in [0.25, 0.3) is 0 Å². The molecule has 0 aromatic rings. The molecule has 1 aliphatic carbocycles. The first-order valence-corrected chi connectivity index (χ1v) is 6.64. The fourth-order valence-corrected chi connectivity index (χ4v) is 2.02. The van der Waals surface area contributed by atoms with E-state index in [2.05, 4.69) is 6.92 Å². The molecule has 1 rings (SSSR count). The van der Waals surface area contributed by atoms with Crippen LogP contribution in [0.15, 0.2) is 12.2 Å². The lowest BCUT2D eigenvalue weighted by molar-refractivity contribution is -0.121. The third kappa shape index (κ3) is 6.06. The van der Waals surface area contributed by atoms with Crippen molar-refractivity contribution < 1.29 is 9.53 Å². The fourth-order valence-electron chi connectivity index (χ4n) is 2.02. The van der Waals surface area contributed by atoms with E-state index in [0.717, 1.165) is 25.7 Å². The Morgan fingerprint density at radius 2 is 2.06 bits per heavy atom. The predicted octanol–water partition coefficient (Wildman–Crippen LogP) is 3.65. The van der Waals surface area contributed by atoms with Crippen molar-refractivity contribution in [2.24, 2.45) is 0 Å². The average molecular weight is 224 g/mol. The quantitative estimate of drug-likeness (QED) is 0.487. The summed E-state index contributed by atoms with van der Waals surface area (Å²) >= 11 is 0. The van der Waals surface area contributed by atoms with Gasteiger partial charge >= 0.3 is 0 Å². The van der Waals surface area contributed by atoms with Crippen LogP contribution in [0.4, 0.5) is 0 Å². The second kappa shape index (κ2) is 8.51. The van der Waals surface area contributed by atoms with Crippen molar-refractivity contribution in [2.45, 2.75) is 64.4 Å². The van der Waals surface area contributed by atoms with E-state index in [9.17, 15) is 4.79 Å². The van der Waals surface area contributed by atoms with Crippen LogP contribution < -0.4 is 0 Å². The molecular formula is C14H24O2. The summed E-state index contributed by atoms with van der Waals surface area (Å²) in [7, 11) is 0. The van der Waals surface area contributed by atoms with Crippen LogP contribution in [0, 0.1) is 0 Å². The summed E-state index contributed by atoms with van der Waals surface area (Å²) in [6.45, 7) is 2.43. The Morgan fingerprint density at radius 1 is 1.31 bits per heavy atom. The summed E-state index contributed by atoms with van der Waals surface area (Å²) in [6.07, 6.45) is 13.4. The van der Waals surface area contributed by atoms with Crippen molar-refractivity contribution >= 4 is 5.78 Å². The highest BCUT2D eigenvalue weighted by Gasteiger charge is 2.14. The number of allylic oxidation sites excluding steroid dienone is 1. The molecule has 92 valence electrons. The third-order valence-electron chi connectivity index (χ3n) is 3.04. The zero-order valence-corrected chi connectivity index (χ0v) is 10.4. The molecule has 0 aliphatic heterocycles. The van der Waals surface area contributed by atoms with Gasteiger partial charge in [-0.05, 0) is 25.3 Å². The molecule has 0 amide bonds. The van der Waals surface area contributed by atoms with Gasteiger partial charge in [-0.2, -0.15) is 0 Å². The van der Waals surface area contributed by atoms with E-state index in [1.807, 2.05) is 6.08 Å². The van der Waals surface area contributed by atoms with E-state index in [4.69, 9.17) is 4.74 Å². The second-order valence-electron chi connectivity index (χ2n) is 4.58. The Kier molecular flexibility index (Phi) is 7.15. The number of ketones is 1. The number of carbonyl (C=O) groups is 1. The van der Waals surface area contributed by atoms with E-state index in [0.29, 0.717) is 6.10 Å². The van der Waals surface area contributed by atoms with Gasteiger partial charge in [-0.25, -0.2) is 0 Å². The Labute approximate surface area is 99.1 Å². The first kappa shape index (κ1) is 13.4. The highest BCUT2D eigenvalue weighted by atomic mass is 16.5. The smallest absolute Gasteiger partial charge is 0.180 e. The van der Waals surface area contributed by atoms with Crippen molar-refractivity contribution in [3.63, 3.8) is 0 Å². The van der Waals surface area contributed by atoms with E-state index in [-0.39, 0.29) is 12.4 Å². The summed E-state index contributed by atoms with van der Waals surface area (Å²) in [5.41, 5.74) is 0.